The maximum absolute atomic E-state index is 10.1. The number of para-hydroxylation sites is 1. The summed E-state index contributed by atoms with van der Waals surface area (Å²) in [5.41, 5.74) is 2.47. The number of aliphatic hydroxyl groups is 1. The van der Waals surface area contributed by atoms with Crippen LogP contribution >= 0.6 is 0 Å². The minimum Gasteiger partial charge on any atom is -0.390 e. The van der Waals surface area contributed by atoms with Gasteiger partial charge in [-0.05, 0) is 30.5 Å². The lowest BCUT2D eigenvalue weighted by molar-refractivity contribution is 0.150. The van der Waals surface area contributed by atoms with Crippen molar-refractivity contribution in [2.75, 3.05) is 18.4 Å². The second-order valence-corrected chi connectivity index (χ2v) is 5.23. The first-order chi connectivity index (χ1) is 8.16. The molecule has 0 bridgehead atoms. The van der Waals surface area contributed by atoms with Crippen molar-refractivity contribution < 1.29 is 5.11 Å². The normalized spacial score (nSPS) is 20.1. The molecule has 3 N–H and O–H groups in total. The molecular weight excluding hydrogens is 212 g/mol. The zero-order valence-electron chi connectivity index (χ0n) is 10.6. The standard InChI is InChI=1S/C14H22N2O/c1-10(2)8-15-9-14(17)13-7-11-5-3-4-6-12(11)16-13/h3-6,10,13-17H,7-9H2,1-2H3. The van der Waals surface area contributed by atoms with Crippen LogP contribution in [0.3, 0.4) is 0 Å². The van der Waals surface area contributed by atoms with Gasteiger partial charge in [0.15, 0.2) is 0 Å². The fourth-order valence-corrected chi connectivity index (χ4v) is 2.22. The highest BCUT2D eigenvalue weighted by atomic mass is 16.3. The van der Waals surface area contributed by atoms with Gasteiger partial charge in [0.2, 0.25) is 0 Å². The zero-order chi connectivity index (χ0) is 12.3. The number of anilines is 1. The number of nitrogens with one attached hydrogen (secondary N) is 2. The Morgan fingerprint density at radius 2 is 2.12 bits per heavy atom. The molecule has 0 saturated carbocycles. The summed E-state index contributed by atoms with van der Waals surface area (Å²) in [6.45, 7) is 5.95. The molecule has 3 heteroatoms. The SMILES string of the molecule is CC(C)CNCC(O)C1Cc2ccccc2N1. The smallest absolute Gasteiger partial charge is 0.0868 e. The van der Waals surface area contributed by atoms with Crippen LogP contribution in [0, 0.1) is 5.92 Å². The molecule has 0 aliphatic carbocycles. The highest BCUT2D eigenvalue weighted by molar-refractivity contribution is 5.56. The molecule has 1 heterocycles. The Bertz CT molecular complexity index is 340. The molecule has 1 aromatic carbocycles. The van der Waals surface area contributed by atoms with E-state index < -0.39 is 0 Å². The first kappa shape index (κ1) is 12.4. The van der Waals surface area contributed by atoms with Gasteiger partial charge in [-0.2, -0.15) is 0 Å². The molecule has 94 valence electrons. The van der Waals surface area contributed by atoms with Crippen molar-refractivity contribution in [1.82, 2.24) is 5.32 Å². The van der Waals surface area contributed by atoms with Crippen molar-refractivity contribution in [1.29, 1.82) is 0 Å². The average molecular weight is 234 g/mol. The van der Waals surface area contributed by atoms with Crippen molar-refractivity contribution in [2.24, 2.45) is 5.92 Å². The van der Waals surface area contributed by atoms with Crippen LogP contribution in [0.2, 0.25) is 0 Å². The van der Waals surface area contributed by atoms with E-state index in [-0.39, 0.29) is 12.1 Å². The molecule has 2 unspecified atom stereocenters. The maximum atomic E-state index is 10.1. The molecule has 1 aliphatic rings. The van der Waals surface area contributed by atoms with E-state index in [4.69, 9.17) is 0 Å². The van der Waals surface area contributed by atoms with E-state index >= 15 is 0 Å². The van der Waals surface area contributed by atoms with Gasteiger partial charge in [0.25, 0.3) is 0 Å². The van der Waals surface area contributed by atoms with E-state index in [0.29, 0.717) is 12.5 Å². The number of hydrogen-bond donors (Lipinski definition) is 3. The van der Waals surface area contributed by atoms with E-state index in [1.807, 2.05) is 12.1 Å². The Labute approximate surface area is 103 Å². The number of hydrogen-bond acceptors (Lipinski definition) is 3. The van der Waals surface area contributed by atoms with Crippen molar-refractivity contribution in [3.63, 3.8) is 0 Å². The van der Waals surface area contributed by atoms with E-state index in [1.54, 1.807) is 0 Å². The van der Waals surface area contributed by atoms with Gasteiger partial charge < -0.3 is 15.7 Å². The predicted octanol–water partition coefficient (Wildman–Crippen LogP) is 1.63. The number of rotatable bonds is 5. The Hall–Kier alpha value is -1.06. The van der Waals surface area contributed by atoms with Crippen LogP contribution in [-0.4, -0.2) is 30.3 Å². The van der Waals surface area contributed by atoms with Crippen molar-refractivity contribution in [3.8, 4) is 0 Å². The molecule has 0 amide bonds. The molecule has 3 nitrogen and oxygen atoms in total. The first-order valence-electron chi connectivity index (χ1n) is 6.40. The van der Waals surface area contributed by atoms with E-state index in [9.17, 15) is 5.11 Å². The second-order valence-electron chi connectivity index (χ2n) is 5.23. The summed E-state index contributed by atoms with van der Waals surface area (Å²) in [6, 6.07) is 8.41. The fourth-order valence-electron chi connectivity index (χ4n) is 2.22. The maximum Gasteiger partial charge on any atom is 0.0868 e. The third kappa shape index (κ3) is 3.20. The molecule has 0 spiro atoms. The number of aliphatic hydroxyl groups excluding tert-OH is 1. The lowest BCUT2D eigenvalue weighted by Gasteiger charge is -2.20. The molecule has 1 aromatic rings. The molecule has 0 radical (unpaired) electrons. The van der Waals surface area contributed by atoms with E-state index in [2.05, 4.69) is 36.6 Å². The summed E-state index contributed by atoms with van der Waals surface area (Å²) in [4.78, 5) is 0. The molecule has 1 aliphatic heterocycles. The largest absolute Gasteiger partial charge is 0.390 e. The molecule has 0 saturated heterocycles. The Morgan fingerprint density at radius 1 is 1.35 bits per heavy atom. The molecule has 2 atom stereocenters. The predicted molar refractivity (Wildman–Crippen MR) is 71.3 cm³/mol. The molecular formula is C14H22N2O. The topological polar surface area (TPSA) is 44.3 Å². The third-order valence-electron chi connectivity index (χ3n) is 3.17. The average Bonchev–Trinajstić information content (AvgIpc) is 2.71. The minimum atomic E-state index is -0.332. The van der Waals surface area contributed by atoms with Gasteiger partial charge in [-0.3, -0.25) is 0 Å². The molecule has 17 heavy (non-hydrogen) atoms. The fraction of sp³-hybridized carbons (Fsp3) is 0.571. The van der Waals surface area contributed by atoms with Gasteiger partial charge >= 0.3 is 0 Å². The molecule has 0 fully saturated rings. The third-order valence-corrected chi connectivity index (χ3v) is 3.17. The minimum absolute atomic E-state index is 0.145. The van der Waals surface area contributed by atoms with Crippen LogP contribution in [0.5, 0.6) is 0 Å². The lowest BCUT2D eigenvalue weighted by Crippen LogP contribution is -2.40. The Morgan fingerprint density at radius 3 is 2.82 bits per heavy atom. The van der Waals surface area contributed by atoms with Gasteiger partial charge in [0.05, 0.1) is 12.1 Å². The monoisotopic (exact) mass is 234 g/mol. The van der Waals surface area contributed by atoms with Crippen LogP contribution in [0.1, 0.15) is 19.4 Å². The second kappa shape index (κ2) is 5.52. The summed E-state index contributed by atoms with van der Waals surface area (Å²) in [5, 5.41) is 16.8. The Kier molecular flexibility index (Phi) is 4.02. The molecule has 2 rings (SSSR count). The van der Waals surface area contributed by atoms with Gasteiger partial charge in [-0.25, -0.2) is 0 Å². The van der Waals surface area contributed by atoms with Gasteiger partial charge in [-0.15, -0.1) is 0 Å². The zero-order valence-corrected chi connectivity index (χ0v) is 10.6. The van der Waals surface area contributed by atoms with E-state index in [0.717, 1.165) is 13.0 Å². The highest BCUT2D eigenvalue weighted by Gasteiger charge is 2.25. The summed E-state index contributed by atoms with van der Waals surface area (Å²) < 4.78 is 0. The quantitative estimate of drug-likeness (QED) is 0.725. The van der Waals surface area contributed by atoms with Crippen molar-refractivity contribution in [3.05, 3.63) is 29.8 Å². The van der Waals surface area contributed by atoms with Crippen LogP contribution in [-0.2, 0) is 6.42 Å². The van der Waals surface area contributed by atoms with Crippen LogP contribution in [0.15, 0.2) is 24.3 Å². The van der Waals surface area contributed by atoms with Gasteiger partial charge in [0, 0.05) is 12.2 Å². The number of fused-ring (bicyclic) bond motifs is 1. The van der Waals surface area contributed by atoms with Gasteiger partial charge in [-0.1, -0.05) is 32.0 Å². The molecule has 0 aromatic heterocycles. The lowest BCUT2D eigenvalue weighted by atomic mass is 10.1. The summed E-state index contributed by atoms with van der Waals surface area (Å²) in [6.07, 6.45) is 0.585. The van der Waals surface area contributed by atoms with Crippen molar-refractivity contribution in [2.45, 2.75) is 32.4 Å². The van der Waals surface area contributed by atoms with Crippen LogP contribution in [0.25, 0.3) is 0 Å². The number of benzene rings is 1. The van der Waals surface area contributed by atoms with Crippen LogP contribution < -0.4 is 10.6 Å². The van der Waals surface area contributed by atoms with E-state index in [1.165, 1.54) is 11.3 Å². The summed E-state index contributed by atoms with van der Waals surface area (Å²) >= 11 is 0. The van der Waals surface area contributed by atoms with Crippen molar-refractivity contribution >= 4 is 5.69 Å². The summed E-state index contributed by atoms with van der Waals surface area (Å²) in [5.74, 6) is 0.621. The van der Waals surface area contributed by atoms with Gasteiger partial charge in [0.1, 0.15) is 0 Å². The Balaban J connectivity index is 1.81. The first-order valence-corrected chi connectivity index (χ1v) is 6.40. The van der Waals surface area contributed by atoms with Crippen LogP contribution in [0.4, 0.5) is 5.69 Å². The summed E-state index contributed by atoms with van der Waals surface area (Å²) in [7, 11) is 0. The highest BCUT2D eigenvalue weighted by Crippen LogP contribution is 2.26.